The Morgan fingerprint density at radius 1 is 0.963 bits per heavy atom. The summed E-state index contributed by atoms with van der Waals surface area (Å²) >= 11 is 0. The van der Waals surface area contributed by atoms with Crippen molar-refractivity contribution in [1.29, 1.82) is 0 Å². The minimum absolute atomic E-state index is 0.169. The van der Waals surface area contributed by atoms with Crippen LogP contribution >= 0.6 is 0 Å². The third kappa shape index (κ3) is 5.41. The smallest absolute Gasteiger partial charge is 0.220 e. The van der Waals surface area contributed by atoms with Crippen molar-refractivity contribution in [2.75, 3.05) is 14.2 Å². The van der Waals surface area contributed by atoms with Crippen molar-refractivity contribution in [2.24, 2.45) is 0 Å². The molecule has 5 nitrogen and oxygen atoms in total. The van der Waals surface area contributed by atoms with E-state index in [2.05, 4.69) is 6.92 Å². The van der Waals surface area contributed by atoms with Crippen LogP contribution in [0.1, 0.15) is 85.0 Å². The fraction of sp³-hybridized carbons (Fsp3) is 0.864. The van der Waals surface area contributed by atoms with Crippen molar-refractivity contribution >= 4 is 5.78 Å². The summed E-state index contributed by atoms with van der Waals surface area (Å²) in [5, 5.41) is 0. The van der Waals surface area contributed by atoms with Crippen molar-refractivity contribution < 1.29 is 23.7 Å². The summed E-state index contributed by atoms with van der Waals surface area (Å²) in [5.74, 6) is -1.90. The first-order valence-corrected chi connectivity index (χ1v) is 10.6. The van der Waals surface area contributed by atoms with Crippen LogP contribution in [0.15, 0.2) is 11.6 Å². The van der Waals surface area contributed by atoms with Gasteiger partial charge in [0.05, 0.1) is 6.10 Å². The highest BCUT2D eigenvalue weighted by molar-refractivity contribution is 5.96. The SMILES string of the molecule is CCCCCCCCCCC1=C[C@H]2O[C@](C)(OC)[C@@](C)(OC)O[C@@H]2CC1=O. The Morgan fingerprint density at radius 2 is 1.52 bits per heavy atom. The molecule has 0 aromatic carbocycles. The molecule has 2 aliphatic rings. The first kappa shape index (κ1) is 22.5. The highest BCUT2D eigenvalue weighted by atomic mass is 16.8. The van der Waals surface area contributed by atoms with Crippen LogP contribution in [0, 0.1) is 0 Å². The largest absolute Gasteiger partial charge is 0.349 e. The average Bonchev–Trinajstić information content (AvgIpc) is 2.65. The van der Waals surface area contributed by atoms with Gasteiger partial charge in [-0.1, -0.05) is 51.9 Å². The molecule has 156 valence electrons. The molecular formula is C22H38O5. The van der Waals surface area contributed by atoms with E-state index in [-0.39, 0.29) is 18.0 Å². The van der Waals surface area contributed by atoms with Gasteiger partial charge < -0.3 is 18.9 Å². The Bertz CT molecular complexity index is 517. The second kappa shape index (κ2) is 10.1. The molecule has 0 aromatic rings. The Labute approximate surface area is 164 Å². The van der Waals surface area contributed by atoms with Crippen molar-refractivity contribution in [3.05, 3.63) is 11.6 Å². The molecule has 0 unspecified atom stereocenters. The molecule has 0 radical (unpaired) electrons. The summed E-state index contributed by atoms with van der Waals surface area (Å²) < 4.78 is 23.4. The number of ketones is 1. The molecule has 0 spiro atoms. The van der Waals surface area contributed by atoms with Gasteiger partial charge in [0.2, 0.25) is 11.6 Å². The predicted molar refractivity (Wildman–Crippen MR) is 106 cm³/mol. The molecule has 1 aliphatic carbocycles. The lowest BCUT2D eigenvalue weighted by molar-refractivity contribution is -0.442. The molecule has 2 rings (SSSR count). The third-order valence-electron chi connectivity index (χ3n) is 6.12. The second-order valence-corrected chi connectivity index (χ2v) is 8.08. The van der Waals surface area contributed by atoms with E-state index in [9.17, 15) is 4.79 Å². The molecule has 1 aliphatic heterocycles. The van der Waals surface area contributed by atoms with Crippen LogP contribution in [0.2, 0.25) is 0 Å². The molecule has 0 saturated carbocycles. The Hall–Kier alpha value is -0.750. The number of hydrogen-bond acceptors (Lipinski definition) is 5. The number of carbonyl (C=O) groups is 1. The number of ether oxygens (including phenoxy) is 4. The fourth-order valence-corrected chi connectivity index (χ4v) is 3.95. The lowest BCUT2D eigenvalue weighted by Gasteiger charge is -2.52. The lowest BCUT2D eigenvalue weighted by Crippen LogP contribution is -2.65. The van der Waals surface area contributed by atoms with Crippen LogP contribution in [0.3, 0.4) is 0 Å². The maximum atomic E-state index is 12.5. The molecular weight excluding hydrogens is 344 g/mol. The first-order chi connectivity index (χ1) is 12.9. The van der Waals surface area contributed by atoms with Gasteiger partial charge in [0.1, 0.15) is 6.10 Å². The summed E-state index contributed by atoms with van der Waals surface area (Å²) in [6, 6.07) is 0. The second-order valence-electron chi connectivity index (χ2n) is 8.08. The molecule has 1 fully saturated rings. The van der Waals surface area contributed by atoms with Gasteiger partial charge in [0, 0.05) is 20.6 Å². The van der Waals surface area contributed by atoms with E-state index in [4.69, 9.17) is 18.9 Å². The summed E-state index contributed by atoms with van der Waals surface area (Å²) in [6.45, 7) is 5.84. The number of Topliss-reactive ketones (excluding diaryl/α,β-unsaturated/α-hetero) is 1. The quantitative estimate of drug-likeness (QED) is 0.475. The Balaban J connectivity index is 1.86. The number of methoxy groups -OCH3 is 2. The molecule has 27 heavy (non-hydrogen) atoms. The van der Waals surface area contributed by atoms with E-state index in [1.165, 1.54) is 44.9 Å². The predicted octanol–water partition coefficient (Wildman–Crippen LogP) is 4.93. The maximum absolute atomic E-state index is 12.5. The van der Waals surface area contributed by atoms with Crippen LogP contribution in [-0.2, 0) is 23.7 Å². The summed E-state index contributed by atoms with van der Waals surface area (Å²) in [5.41, 5.74) is 0.880. The number of fused-ring (bicyclic) bond motifs is 1. The lowest BCUT2D eigenvalue weighted by atomic mass is 9.88. The van der Waals surface area contributed by atoms with E-state index in [0.29, 0.717) is 6.42 Å². The van der Waals surface area contributed by atoms with Crippen LogP contribution in [0.25, 0.3) is 0 Å². The van der Waals surface area contributed by atoms with E-state index >= 15 is 0 Å². The molecule has 0 bridgehead atoms. The molecule has 1 saturated heterocycles. The van der Waals surface area contributed by atoms with Crippen molar-refractivity contribution in [3.63, 3.8) is 0 Å². The zero-order valence-corrected chi connectivity index (χ0v) is 17.8. The van der Waals surface area contributed by atoms with E-state index < -0.39 is 11.6 Å². The van der Waals surface area contributed by atoms with Crippen LogP contribution in [0.4, 0.5) is 0 Å². The number of carbonyl (C=O) groups excluding carboxylic acids is 1. The van der Waals surface area contributed by atoms with Crippen molar-refractivity contribution in [2.45, 2.75) is 109 Å². The molecule has 4 atom stereocenters. The van der Waals surface area contributed by atoms with Gasteiger partial charge in [0.25, 0.3) is 0 Å². The zero-order chi connectivity index (χ0) is 19.9. The minimum Gasteiger partial charge on any atom is -0.349 e. The Morgan fingerprint density at radius 3 is 2.11 bits per heavy atom. The highest BCUT2D eigenvalue weighted by Gasteiger charge is 2.57. The first-order valence-electron chi connectivity index (χ1n) is 10.6. The monoisotopic (exact) mass is 382 g/mol. The van der Waals surface area contributed by atoms with Gasteiger partial charge in [-0.2, -0.15) is 0 Å². The number of hydrogen-bond donors (Lipinski definition) is 0. The zero-order valence-electron chi connectivity index (χ0n) is 17.8. The minimum atomic E-state index is -1.05. The van der Waals surface area contributed by atoms with Gasteiger partial charge in [0.15, 0.2) is 5.78 Å². The fourth-order valence-electron chi connectivity index (χ4n) is 3.95. The molecule has 0 aromatic heterocycles. The van der Waals surface area contributed by atoms with E-state index in [1.807, 2.05) is 13.0 Å². The van der Waals surface area contributed by atoms with E-state index in [0.717, 1.165) is 18.4 Å². The summed E-state index contributed by atoms with van der Waals surface area (Å²) in [4.78, 5) is 12.5. The maximum Gasteiger partial charge on any atom is 0.220 e. The van der Waals surface area contributed by atoms with Gasteiger partial charge >= 0.3 is 0 Å². The van der Waals surface area contributed by atoms with Crippen LogP contribution in [-0.4, -0.2) is 43.8 Å². The Kier molecular flexibility index (Phi) is 8.47. The molecule has 5 heteroatoms. The van der Waals surface area contributed by atoms with Gasteiger partial charge in [-0.3, -0.25) is 4.79 Å². The molecule has 0 amide bonds. The van der Waals surface area contributed by atoms with Gasteiger partial charge in [-0.25, -0.2) is 0 Å². The number of unbranched alkanes of at least 4 members (excludes halogenated alkanes) is 7. The summed E-state index contributed by atoms with van der Waals surface area (Å²) in [7, 11) is 3.15. The van der Waals surface area contributed by atoms with Crippen LogP contribution < -0.4 is 0 Å². The number of rotatable bonds is 11. The van der Waals surface area contributed by atoms with E-state index in [1.54, 1.807) is 21.1 Å². The van der Waals surface area contributed by atoms with Gasteiger partial charge in [-0.05, 0) is 38.3 Å². The van der Waals surface area contributed by atoms with Crippen LogP contribution in [0.5, 0.6) is 0 Å². The standard InChI is InChI=1S/C22H38O5/c1-6-7-8-9-10-11-12-13-14-17-15-19-20(16-18(17)23)27-22(3,25-5)21(2,24-4)26-19/h15,19-20H,6-14,16H2,1-5H3/t19-,20-,21+,22+/m1/s1. The van der Waals surface area contributed by atoms with Crippen molar-refractivity contribution in [1.82, 2.24) is 0 Å². The van der Waals surface area contributed by atoms with Crippen molar-refractivity contribution in [3.8, 4) is 0 Å². The average molecular weight is 383 g/mol. The summed E-state index contributed by atoms with van der Waals surface area (Å²) in [6.07, 6.45) is 12.6. The molecule has 0 N–H and O–H groups in total. The topological polar surface area (TPSA) is 54.0 Å². The van der Waals surface area contributed by atoms with Gasteiger partial charge in [-0.15, -0.1) is 0 Å². The number of allylic oxidation sites excluding steroid dienone is 1. The molecule has 1 heterocycles. The highest BCUT2D eigenvalue weighted by Crippen LogP contribution is 2.42. The normalized spacial score (nSPS) is 33.7. The third-order valence-corrected chi connectivity index (χ3v) is 6.12.